The van der Waals surface area contributed by atoms with E-state index in [2.05, 4.69) is 17.2 Å². The van der Waals surface area contributed by atoms with E-state index in [-0.39, 0.29) is 22.1 Å². The first-order valence-electron chi connectivity index (χ1n) is 10.7. The molecule has 1 aromatic heterocycles. The van der Waals surface area contributed by atoms with Gasteiger partial charge >= 0.3 is 0 Å². The second-order valence-electron chi connectivity index (χ2n) is 8.73. The van der Waals surface area contributed by atoms with E-state index in [9.17, 15) is 13.2 Å². The molecule has 2 aromatic rings. The van der Waals surface area contributed by atoms with Crippen LogP contribution in [0.2, 0.25) is 0 Å². The molecule has 0 radical (unpaired) electrons. The van der Waals surface area contributed by atoms with Gasteiger partial charge in [-0.3, -0.25) is 4.79 Å². The number of hydrogen-bond donors (Lipinski definition) is 2. The van der Waals surface area contributed by atoms with Gasteiger partial charge in [-0.1, -0.05) is 18.2 Å². The van der Waals surface area contributed by atoms with Crippen LogP contribution in [0.15, 0.2) is 28.3 Å². The highest BCUT2D eigenvalue weighted by Crippen LogP contribution is 2.49. The maximum Gasteiger partial charge on any atom is 0.238 e. The van der Waals surface area contributed by atoms with Crippen molar-refractivity contribution in [3.8, 4) is 0 Å². The van der Waals surface area contributed by atoms with Crippen molar-refractivity contribution in [2.75, 3.05) is 0 Å². The summed E-state index contributed by atoms with van der Waals surface area (Å²) in [7, 11) is -3.79. The predicted octanol–water partition coefficient (Wildman–Crippen LogP) is 3.13. The van der Waals surface area contributed by atoms with Crippen LogP contribution in [-0.4, -0.2) is 35.2 Å². The third-order valence-corrected chi connectivity index (χ3v) is 8.79. The fraction of sp³-hybridized carbons (Fsp3) is 0.619. The van der Waals surface area contributed by atoms with Crippen molar-refractivity contribution >= 4 is 38.7 Å². The number of thioether (sulfide) groups is 1. The molecular weight excluding hydrogens is 420 g/mol. The van der Waals surface area contributed by atoms with E-state index in [0.717, 1.165) is 17.4 Å². The number of imidazole rings is 1. The highest BCUT2D eigenvalue weighted by molar-refractivity contribution is 8.00. The quantitative estimate of drug-likeness (QED) is 0.630. The fourth-order valence-electron chi connectivity index (χ4n) is 5.23. The first kappa shape index (κ1) is 21.6. The highest BCUT2D eigenvalue weighted by atomic mass is 32.2. The Balaban J connectivity index is 1.47. The van der Waals surface area contributed by atoms with Crippen LogP contribution in [0.3, 0.4) is 0 Å². The Morgan fingerprint density at radius 1 is 1.33 bits per heavy atom. The SMILES string of the molecule is CCn1c(S[C@H](C)C(=O)N[C@@H](C)[C@@H]2C[C@H]3CC[C@H]2C3)nc2cc(S(N)(=O)=O)ccc21. The summed E-state index contributed by atoms with van der Waals surface area (Å²) >= 11 is 1.40. The van der Waals surface area contributed by atoms with Gasteiger partial charge in [-0.05, 0) is 76.0 Å². The summed E-state index contributed by atoms with van der Waals surface area (Å²) in [6, 6.07) is 4.89. The zero-order valence-electron chi connectivity index (χ0n) is 17.7. The number of aromatic nitrogens is 2. The fourth-order valence-corrected chi connectivity index (χ4v) is 6.76. The molecule has 0 spiro atoms. The smallest absolute Gasteiger partial charge is 0.238 e. The molecule has 2 saturated carbocycles. The van der Waals surface area contributed by atoms with Gasteiger partial charge in [-0.2, -0.15) is 0 Å². The van der Waals surface area contributed by atoms with Gasteiger partial charge in [0.1, 0.15) is 0 Å². The van der Waals surface area contributed by atoms with Gasteiger partial charge in [0, 0.05) is 12.6 Å². The summed E-state index contributed by atoms with van der Waals surface area (Å²) in [5.74, 6) is 2.25. The Labute approximate surface area is 182 Å². The van der Waals surface area contributed by atoms with Crippen molar-refractivity contribution in [3.05, 3.63) is 18.2 Å². The maximum absolute atomic E-state index is 12.9. The Kier molecular flexibility index (Phi) is 5.89. The van der Waals surface area contributed by atoms with Crippen LogP contribution in [0.4, 0.5) is 0 Å². The number of nitrogens with one attached hydrogen (secondary N) is 1. The molecule has 5 atom stereocenters. The molecule has 1 amide bonds. The second-order valence-corrected chi connectivity index (χ2v) is 11.6. The number of benzene rings is 1. The molecule has 0 unspecified atom stereocenters. The number of aryl methyl sites for hydroxylation is 1. The summed E-state index contributed by atoms with van der Waals surface area (Å²) in [4.78, 5) is 17.5. The van der Waals surface area contributed by atoms with Crippen LogP contribution in [0.25, 0.3) is 11.0 Å². The van der Waals surface area contributed by atoms with E-state index in [4.69, 9.17) is 5.14 Å². The van der Waals surface area contributed by atoms with Crippen LogP contribution >= 0.6 is 11.8 Å². The molecule has 7 nitrogen and oxygen atoms in total. The van der Waals surface area contributed by atoms with E-state index in [1.165, 1.54) is 49.6 Å². The molecule has 3 N–H and O–H groups in total. The predicted molar refractivity (Wildman–Crippen MR) is 119 cm³/mol. The number of carbonyl (C=O) groups excluding carboxylic acids is 1. The van der Waals surface area contributed by atoms with Gasteiger partial charge in [-0.25, -0.2) is 18.5 Å². The van der Waals surface area contributed by atoms with Crippen molar-refractivity contribution < 1.29 is 13.2 Å². The summed E-state index contributed by atoms with van der Waals surface area (Å²) in [5.41, 5.74) is 1.39. The third kappa shape index (κ3) is 4.11. The molecule has 164 valence electrons. The summed E-state index contributed by atoms with van der Waals surface area (Å²) in [5, 5.41) is 8.88. The highest BCUT2D eigenvalue weighted by Gasteiger charge is 2.42. The van der Waals surface area contributed by atoms with E-state index < -0.39 is 10.0 Å². The number of nitrogens with two attached hydrogens (primary N) is 1. The molecule has 30 heavy (non-hydrogen) atoms. The Morgan fingerprint density at radius 3 is 2.70 bits per heavy atom. The van der Waals surface area contributed by atoms with E-state index >= 15 is 0 Å². The minimum atomic E-state index is -3.79. The topological polar surface area (TPSA) is 107 Å². The molecule has 1 heterocycles. The number of carbonyl (C=O) groups is 1. The van der Waals surface area contributed by atoms with Crippen molar-refractivity contribution in [3.63, 3.8) is 0 Å². The number of sulfonamides is 1. The number of rotatable bonds is 7. The lowest BCUT2D eigenvalue weighted by atomic mass is 9.84. The maximum atomic E-state index is 12.9. The first-order valence-corrected chi connectivity index (χ1v) is 13.1. The van der Waals surface area contributed by atoms with E-state index in [0.29, 0.717) is 23.1 Å². The van der Waals surface area contributed by atoms with Crippen LogP contribution in [-0.2, 0) is 21.4 Å². The summed E-state index contributed by atoms with van der Waals surface area (Å²) in [6.45, 7) is 6.70. The van der Waals surface area contributed by atoms with Gasteiger partial charge in [-0.15, -0.1) is 0 Å². The molecule has 4 rings (SSSR count). The molecular formula is C21H30N4O3S2. The Hall–Kier alpha value is -1.58. The Morgan fingerprint density at radius 2 is 2.10 bits per heavy atom. The van der Waals surface area contributed by atoms with Gasteiger partial charge in [0.25, 0.3) is 0 Å². The van der Waals surface area contributed by atoms with E-state index in [1.54, 1.807) is 6.07 Å². The minimum Gasteiger partial charge on any atom is -0.352 e. The second kappa shape index (κ2) is 8.16. The molecule has 2 aliphatic carbocycles. The van der Waals surface area contributed by atoms with Crippen molar-refractivity contribution in [2.24, 2.45) is 22.9 Å². The molecule has 0 saturated heterocycles. The average molecular weight is 451 g/mol. The number of fused-ring (bicyclic) bond motifs is 3. The Bertz CT molecular complexity index is 1070. The molecule has 2 bridgehead atoms. The summed E-state index contributed by atoms with van der Waals surface area (Å²) < 4.78 is 25.3. The summed E-state index contributed by atoms with van der Waals surface area (Å²) in [6.07, 6.45) is 5.23. The van der Waals surface area contributed by atoms with Crippen molar-refractivity contribution in [1.82, 2.24) is 14.9 Å². The molecule has 9 heteroatoms. The van der Waals surface area contributed by atoms with Gasteiger partial charge in [0.05, 0.1) is 21.2 Å². The van der Waals surface area contributed by atoms with Gasteiger partial charge in [0.2, 0.25) is 15.9 Å². The average Bonchev–Trinajstić information content (AvgIpc) is 3.40. The van der Waals surface area contributed by atoms with Gasteiger partial charge < -0.3 is 9.88 Å². The monoisotopic (exact) mass is 450 g/mol. The lowest BCUT2D eigenvalue weighted by Gasteiger charge is -2.29. The zero-order valence-corrected chi connectivity index (χ0v) is 19.3. The number of amides is 1. The van der Waals surface area contributed by atoms with Crippen LogP contribution in [0.1, 0.15) is 46.5 Å². The van der Waals surface area contributed by atoms with Crippen LogP contribution in [0, 0.1) is 17.8 Å². The standard InChI is InChI=1S/C21H30N4O3S2/c1-4-25-19-8-7-16(30(22,27)28)11-18(19)24-21(25)29-13(3)20(26)23-12(2)17-10-14-5-6-15(17)9-14/h7-8,11-15,17H,4-6,9-10H2,1-3H3,(H,23,26)(H2,22,27,28)/t12-,13+,14-,15-,17-/m0/s1. The molecule has 2 aliphatic rings. The zero-order chi connectivity index (χ0) is 21.6. The number of hydrogen-bond acceptors (Lipinski definition) is 5. The normalized spacial score (nSPS) is 25.5. The van der Waals surface area contributed by atoms with Gasteiger partial charge in [0.15, 0.2) is 5.16 Å². The lowest BCUT2D eigenvalue weighted by molar-refractivity contribution is -0.121. The van der Waals surface area contributed by atoms with Crippen molar-refractivity contribution in [1.29, 1.82) is 0 Å². The third-order valence-electron chi connectivity index (χ3n) is 6.79. The first-order chi connectivity index (χ1) is 14.2. The minimum absolute atomic E-state index is 0.0233. The largest absolute Gasteiger partial charge is 0.352 e. The van der Waals surface area contributed by atoms with Crippen LogP contribution < -0.4 is 10.5 Å². The molecule has 2 fully saturated rings. The van der Waals surface area contributed by atoms with E-state index in [1.807, 2.05) is 18.4 Å². The molecule has 1 aromatic carbocycles. The lowest BCUT2D eigenvalue weighted by Crippen LogP contribution is -2.43. The molecule has 0 aliphatic heterocycles. The number of nitrogens with zero attached hydrogens (tertiary/aromatic N) is 2. The number of primary sulfonamides is 1. The van der Waals surface area contributed by atoms with Crippen LogP contribution in [0.5, 0.6) is 0 Å². The van der Waals surface area contributed by atoms with Crippen molar-refractivity contribution in [2.45, 2.75) is 74.3 Å².